The van der Waals surface area contributed by atoms with Gasteiger partial charge in [0.25, 0.3) is 0 Å². The Morgan fingerprint density at radius 2 is 1.96 bits per heavy atom. The molecule has 23 heavy (non-hydrogen) atoms. The molecule has 1 N–H and O–H groups in total. The molecule has 0 saturated carbocycles. The molecule has 5 nitrogen and oxygen atoms in total. The largest absolute Gasteiger partial charge is 0.492 e. The van der Waals surface area contributed by atoms with E-state index in [-0.39, 0.29) is 0 Å². The van der Waals surface area contributed by atoms with Gasteiger partial charge in [0.1, 0.15) is 12.4 Å². The lowest BCUT2D eigenvalue weighted by Gasteiger charge is -2.11. The lowest BCUT2D eigenvalue weighted by atomic mass is 10.1. The van der Waals surface area contributed by atoms with Crippen LogP contribution in [0.4, 0.5) is 0 Å². The van der Waals surface area contributed by atoms with Crippen LogP contribution in [-0.4, -0.2) is 42.3 Å². The van der Waals surface area contributed by atoms with Gasteiger partial charge < -0.3 is 9.64 Å². The minimum atomic E-state index is 0.629. The summed E-state index contributed by atoms with van der Waals surface area (Å²) in [5, 5.41) is 17.4. The van der Waals surface area contributed by atoms with E-state index >= 15 is 0 Å². The van der Waals surface area contributed by atoms with Crippen LogP contribution in [0, 0.1) is 11.3 Å². The fourth-order valence-electron chi connectivity index (χ4n) is 2.36. The molecule has 0 spiro atoms. The van der Waals surface area contributed by atoms with Crippen LogP contribution in [0.25, 0.3) is 22.2 Å². The SMILES string of the molecule is CN(C)CCOc1ccc(-c2n[nH]c3ccc(C#N)cc23)cc1. The van der Waals surface area contributed by atoms with Gasteiger partial charge in [0.05, 0.1) is 22.8 Å². The van der Waals surface area contributed by atoms with Gasteiger partial charge in [0.15, 0.2) is 0 Å². The van der Waals surface area contributed by atoms with Gasteiger partial charge in [0.2, 0.25) is 0 Å². The van der Waals surface area contributed by atoms with Gasteiger partial charge in [-0.2, -0.15) is 10.4 Å². The third-order valence-electron chi connectivity index (χ3n) is 3.63. The van der Waals surface area contributed by atoms with Crippen molar-refractivity contribution in [1.29, 1.82) is 5.26 Å². The Morgan fingerprint density at radius 3 is 2.65 bits per heavy atom. The van der Waals surface area contributed by atoms with Gasteiger partial charge in [-0.1, -0.05) is 0 Å². The van der Waals surface area contributed by atoms with Crippen LogP contribution < -0.4 is 4.74 Å². The normalized spacial score (nSPS) is 10.9. The maximum Gasteiger partial charge on any atom is 0.119 e. The lowest BCUT2D eigenvalue weighted by Crippen LogP contribution is -2.19. The third-order valence-corrected chi connectivity index (χ3v) is 3.63. The van der Waals surface area contributed by atoms with Crippen molar-refractivity contribution in [3.05, 3.63) is 48.0 Å². The van der Waals surface area contributed by atoms with Gasteiger partial charge >= 0.3 is 0 Å². The Kier molecular flexibility index (Phi) is 4.26. The van der Waals surface area contributed by atoms with Crippen LogP contribution in [-0.2, 0) is 0 Å². The molecule has 1 heterocycles. The molecule has 0 bridgehead atoms. The van der Waals surface area contributed by atoms with Gasteiger partial charge in [0, 0.05) is 17.5 Å². The Morgan fingerprint density at radius 1 is 1.17 bits per heavy atom. The van der Waals surface area contributed by atoms with E-state index in [4.69, 9.17) is 10.00 Å². The van der Waals surface area contributed by atoms with Crippen LogP contribution >= 0.6 is 0 Å². The van der Waals surface area contributed by atoms with Crippen molar-refractivity contribution in [1.82, 2.24) is 15.1 Å². The number of benzene rings is 2. The molecule has 0 amide bonds. The summed E-state index contributed by atoms with van der Waals surface area (Å²) in [5.74, 6) is 0.841. The number of nitrogens with one attached hydrogen (secondary N) is 1. The van der Waals surface area contributed by atoms with Crippen LogP contribution in [0.5, 0.6) is 5.75 Å². The zero-order valence-corrected chi connectivity index (χ0v) is 13.2. The summed E-state index contributed by atoms with van der Waals surface area (Å²) in [6.07, 6.45) is 0. The first-order chi connectivity index (χ1) is 11.2. The maximum absolute atomic E-state index is 9.05. The summed E-state index contributed by atoms with van der Waals surface area (Å²) in [4.78, 5) is 2.08. The molecule has 0 aliphatic rings. The first-order valence-electron chi connectivity index (χ1n) is 7.43. The second-order valence-corrected chi connectivity index (χ2v) is 5.62. The van der Waals surface area contributed by atoms with Crippen molar-refractivity contribution in [2.75, 3.05) is 27.2 Å². The van der Waals surface area contributed by atoms with Crippen molar-refractivity contribution in [3.63, 3.8) is 0 Å². The Bertz CT molecular complexity index is 844. The molecule has 3 aromatic rings. The zero-order chi connectivity index (χ0) is 16.2. The Labute approximate surface area is 135 Å². The van der Waals surface area contributed by atoms with Gasteiger partial charge in [-0.15, -0.1) is 0 Å². The predicted octanol–water partition coefficient (Wildman–Crippen LogP) is 3.04. The van der Waals surface area contributed by atoms with Gasteiger partial charge in [-0.3, -0.25) is 5.10 Å². The first-order valence-corrected chi connectivity index (χ1v) is 7.43. The smallest absolute Gasteiger partial charge is 0.119 e. The Hall–Kier alpha value is -2.84. The van der Waals surface area contributed by atoms with Crippen LogP contribution in [0.1, 0.15) is 5.56 Å². The minimum Gasteiger partial charge on any atom is -0.492 e. The molecule has 1 aromatic heterocycles. The number of aromatic nitrogens is 2. The van der Waals surface area contributed by atoms with Crippen molar-refractivity contribution in [2.45, 2.75) is 0 Å². The van der Waals surface area contributed by atoms with E-state index < -0.39 is 0 Å². The van der Waals surface area contributed by atoms with E-state index in [1.165, 1.54) is 0 Å². The topological polar surface area (TPSA) is 64.9 Å². The number of aromatic amines is 1. The second-order valence-electron chi connectivity index (χ2n) is 5.62. The summed E-state index contributed by atoms with van der Waals surface area (Å²) in [7, 11) is 4.04. The van der Waals surface area contributed by atoms with E-state index in [0.29, 0.717) is 12.2 Å². The molecule has 116 valence electrons. The monoisotopic (exact) mass is 306 g/mol. The number of rotatable bonds is 5. The van der Waals surface area contributed by atoms with Crippen LogP contribution in [0.15, 0.2) is 42.5 Å². The van der Waals surface area contributed by atoms with E-state index in [2.05, 4.69) is 21.2 Å². The number of hydrogen-bond acceptors (Lipinski definition) is 4. The number of hydrogen-bond donors (Lipinski definition) is 1. The Balaban J connectivity index is 1.83. The van der Waals surface area contributed by atoms with Gasteiger partial charge in [-0.05, 0) is 56.6 Å². The summed E-state index contributed by atoms with van der Waals surface area (Å²) in [5.41, 5.74) is 3.39. The van der Waals surface area contributed by atoms with E-state index in [1.54, 1.807) is 6.07 Å². The molecule has 3 rings (SSSR count). The number of nitrogens with zero attached hydrogens (tertiary/aromatic N) is 3. The highest BCUT2D eigenvalue weighted by Gasteiger charge is 2.09. The average Bonchev–Trinajstić information content (AvgIpc) is 2.98. The highest BCUT2D eigenvalue weighted by molar-refractivity contribution is 5.93. The average molecular weight is 306 g/mol. The summed E-state index contributed by atoms with van der Waals surface area (Å²) in [6.45, 7) is 1.53. The summed E-state index contributed by atoms with van der Waals surface area (Å²) in [6, 6.07) is 15.5. The molecular formula is C18H18N4O. The number of fused-ring (bicyclic) bond motifs is 1. The van der Waals surface area contributed by atoms with Crippen molar-refractivity contribution < 1.29 is 4.74 Å². The molecule has 5 heteroatoms. The second kappa shape index (κ2) is 6.51. The quantitative estimate of drug-likeness (QED) is 0.787. The van der Waals surface area contributed by atoms with E-state index in [0.717, 1.165) is 34.5 Å². The fraction of sp³-hybridized carbons (Fsp3) is 0.222. The first kappa shape index (κ1) is 15.1. The molecule has 0 atom stereocenters. The fourth-order valence-corrected chi connectivity index (χ4v) is 2.36. The molecular weight excluding hydrogens is 288 g/mol. The lowest BCUT2D eigenvalue weighted by molar-refractivity contribution is 0.261. The van der Waals surface area contributed by atoms with Crippen molar-refractivity contribution >= 4 is 10.9 Å². The third kappa shape index (κ3) is 3.33. The van der Waals surface area contributed by atoms with E-state index in [1.807, 2.05) is 50.5 Å². The highest BCUT2D eigenvalue weighted by atomic mass is 16.5. The minimum absolute atomic E-state index is 0.629. The number of likely N-dealkylation sites (N-methyl/N-ethyl adjacent to an activating group) is 1. The van der Waals surface area contributed by atoms with Crippen molar-refractivity contribution in [2.24, 2.45) is 0 Å². The van der Waals surface area contributed by atoms with Crippen LogP contribution in [0.3, 0.4) is 0 Å². The predicted molar refractivity (Wildman–Crippen MR) is 90.3 cm³/mol. The molecule has 2 aromatic carbocycles. The highest BCUT2D eigenvalue weighted by Crippen LogP contribution is 2.28. The molecule has 0 fully saturated rings. The van der Waals surface area contributed by atoms with E-state index in [9.17, 15) is 0 Å². The van der Waals surface area contributed by atoms with Crippen molar-refractivity contribution in [3.8, 4) is 23.1 Å². The van der Waals surface area contributed by atoms with Gasteiger partial charge in [-0.25, -0.2) is 0 Å². The summed E-state index contributed by atoms with van der Waals surface area (Å²) < 4.78 is 5.70. The molecule has 0 aliphatic heterocycles. The number of H-pyrrole nitrogens is 1. The zero-order valence-electron chi connectivity index (χ0n) is 13.2. The molecule has 0 unspecified atom stereocenters. The number of ether oxygens (including phenoxy) is 1. The molecule has 0 saturated heterocycles. The molecule has 0 radical (unpaired) electrons. The number of nitriles is 1. The maximum atomic E-state index is 9.05. The summed E-state index contributed by atoms with van der Waals surface area (Å²) >= 11 is 0. The van der Waals surface area contributed by atoms with Crippen LogP contribution in [0.2, 0.25) is 0 Å². The standard InChI is InChI=1S/C18H18N4O/c1-22(2)9-10-23-15-6-4-14(5-7-15)18-16-11-13(12-19)3-8-17(16)20-21-18/h3-8,11H,9-10H2,1-2H3,(H,20,21). The molecule has 0 aliphatic carbocycles.